The van der Waals surface area contributed by atoms with E-state index in [0.29, 0.717) is 0 Å². The first-order valence-electron chi connectivity index (χ1n) is 6.12. The highest BCUT2D eigenvalue weighted by atomic mass is 19.2. The molecule has 1 N–H and O–H groups in total. The van der Waals surface area contributed by atoms with Gasteiger partial charge in [0.1, 0.15) is 11.6 Å². The molecule has 0 radical (unpaired) electrons. The molecule has 0 fully saturated rings. The van der Waals surface area contributed by atoms with Crippen molar-refractivity contribution >= 4 is 0 Å². The Morgan fingerprint density at radius 1 is 0.950 bits per heavy atom. The van der Waals surface area contributed by atoms with Crippen LogP contribution in [0.1, 0.15) is 18.5 Å². The fourth-order valence-electron chi connectivity index (χ4n) is 1.85. The molecule has 2 nitrogen and oxygen atoms in total. The zero-order valence-electron chi connectivity index (χ0n) is 11.1. The topological polar surface area (TPSA) is 21.3 Å². The molecule has 1 atom stereocenters. The zero-order valence-corrected chi connectivity index (χ0v) is 11.1. The third kappa shape index (κ3) is 2.77. The summed E-state index contributed by atoms with van der Waals surface area (Å²) in [6.07, 6.45) is 0. The third-order valence-electron chi connectivity index (χ3n) is 3.02. The maximum absolute atomic E-state index is 13.9. The lowest BCUT2D eigenvalue weighted by Crippen LogP contribution is -2.15. The van der Waals surface area contributed by atoms with Gasteiger partial charge in [0, 0.05) is 11.6 Å². The van der Waals surface area contributed by atoms with Crippen molar-refractivity contribution in [2.24, 2.45) is 0 Å². The largest absolute Gasteiger partial charge is 0.454 e. The summed E-state index contributed by atoms with van der Waals surface area (Å²) >= 11 is 0. The molecule has 2 rings (SSSR count). The zero-order chi connectivity index (χ0) is 14.7. The van der Waals surface area contributed by atoms with Crippen LogP contribution in [0.4, 0.5) is 13.2 Å². The highest BCUT2D eigenvalue weighted by Gasteiger charge is 2.18. The number of hydrogen-bond acceptors (Lipinski definition) is 2. The van der Waals surface area contributed by atoms with Crippen LogP contribution in [0.2, 0.25) is 0 Å². The summed E-state index contributed by atoms with van der Waals surface area (Å²) in [5, 5.41) is 2.89. The first-order valence-corrected chi connectivity index (χ1v) is 6.12. The summed E-state index contributed by atoms with van der Waals surface area (Å²) in [5.74, 6) is -2.71. The average molecular weight is 281 g/mol. The van der Waals surface area contributed by atoms with Crippen molar-refractivity contribution in [3.63, 3.8) is 0 Å². The van der Waals surface area contributed by atoms with E-state index in [-0.39, 0.29) is 23.1 Å². The molecule has 0 aromatic heterocycles. The summed E-state index contributed by atoms with van der Waals surface area (Å²) < 4.78 is 46.0. The van der Waals surface area contributed by atoms with Gasteiger partial charge in [-0.15, -0.1) is 0 Å². The van der Waals surface area contributed by atoms with E-state index in [4.69, 9.17) is 4.74 Å². The molecule has 0 saturated heterocycles. The van der Waals surface area contributed by atoms with Crippen molar-refractivity contribution in [3.8, 4) is 11.5 Å². The van der Waals surface area contributed by atoms with Gasteiger partial charge in [-0.25, -0.2) is 8.78 Å². The van der Waals surface area contributed by atoms with Crippen molar-refractivity contribution in [1.82, 2.24) is 5.32 Å². The van der Waals surface area contributed by atoms with Crippen molar-refractivity contribution in [3.05, 3.63) is 59.4 Å². The van der Waals surface area contributed by atoms with E-state index in [1.807, 2.05) is 0 Å². The molecule has 106 valence electrons. The van der Waals surface area contributed by atoms with E-state index >= 15 is 0 Å². The summed E-state index contributed by atoms with van der Waals surface area (Å²) in [7, 11) is 1.67. The van der Waals surface area contributed by atoms with Crippen LogP contribution in [0.5, 0.6) is 11.5 Å². The molecule has 5 heteroatoms. The molecule has 0 aliphatic rings. The van der Waals surface area contributed by atoms with Gasteiger partial charge in [-0.2, -0.15) is 4.39 Å². The van der Waals surface area contributed by atoms with E-state index in [1.165, 1.54) is 30.3 Å². The predicted octanol–water partition coefficient (Wildman–Crippen LogP) is 4.18. The van der Waals surface area contributed by atoms with Gasteiger partial charge in [0.15, 0.2) is 11.6 Å². The smallest absolute Gasteiger partial charge is 0.201 e. The summed E-state index contributed by atoms with van der Waals surface area (Å²) in [4.78, 5) is 0. The van der Waals surface area contributed by atoms with Crippen LogP contribution in [0.25, 0.3) is 0 Å². The molecule has 0 bridgehead atoms. The van der Waals surface area contributed by atoms with Gasteiger partial charge in [0.25, 0.3) is 0 Å². The van der Waals surface area contributed by atoms with Crippen LogP contribution in [0.15, 0.2) is 36.4 Å². The first kappa shape index (κ1) is 14.4. The van der Waals surface area contributed by atoms with Crippen LogP contribution >= 0.6 is 0 Å². The van der Waals surface area contributed by atoms with E-state index in [9.17, 15) is 13.2 Å². The van der Waals surface area contributed by atoms with E-state index < -0.39 is 17.5 Å². The van der Waals surface area contributed by atoms with Gasteiger partial charge >= 0.3 is 0 Å². The van der Waals surface area contributed by atoms with Gasteiger partial charge in [-0.3, -0.25) is 0 Å². The predicted molar refractivity (Wildman–Crippen MR) is 70.3 cm³/mol. The number of benzene rings is 2. The number of rotatable bonds is 4. The molecule has 0 aliphatic carbocycles. The molecule has 0 heterocycles. The molecule has 0 amide bonds. The minimum Gasteiger partial charge on any atom is -0.454 e. The van der Waals surface area contributed by atoms with E-state index in [1.54, 1.807) is 14.0 Å². The number of nitrogens with one attached hydrogen (secondary N) is 1. The van der Waals surface area contributed by atoms with Gasteiger partial charge in [-0.05, 0) is 38.2 Å². The third-order valence-corrected chi connectivity index (χ3v) is 3.02. The Morgan fingerprint density at radius 2 is 1.55 bits per heavy atom. The number of hydrogen-bond donors (Lipinski definition) is 1. The minimum absolute atomic E-state index is 0.149. The lowest BCUT2D eigenvalue weighted by molar-refractivity contribution is 0.404. The Bertz CT molecular complexity index is 616. The molecule has 0 spiro atoms. The summed E-state index contributed by atoms with van der Waals surface area (Å²) in [6, 6.07) is 7.53. The van der Waals surface area contributed by atoms with E-state index in [0.717, 1.165) is 6.07 Å². The average Bonchev–Trinajstić information content (AvgIpc) is 2.43. The van der Waals surface area contributed by atoms with Crippen molar-refractivity contribution in [1.29, 1.82) is 0 Å². The van der Waals surface area contributed by atoms with Gasteiger partial charge in [0.2, 0.25) is 5.82 Å². The molecule has 0 aliphatic heterocycles. The van der Waals surface area contributed by atoms with Crippen LogP contribution in [-0.2, 0) is 0 Å². The molecular weight excluding hydrogens is 267 g/mol. The fourth-order valence-corrected chi connectivity index (χ4v) is 1.85. The van der Waals surface area contributed by atoms with Crippen molar-refractivity contribution < 1.29 is 17.9 Å². The fraction of sp³-hybridized carbons (Fsp3) is 0.200. The Kier molecular flexibility index (Phi) is 4.29. The maximum atomic E-state index is 13.9. The Balaban J connectivity index is 2.43. The molecule has 1 unspecified atom stereocenters. The van der Waals surface area contributed by atoms with E-state index in [2.05, 4.69) is 5.32 Å². The highest BCUT2D eigenvalue weighted by Crippen LogP contribution is 2.33. The Hall–Kier alpha value is -2.01. The summed E-state index contributed by atoms with van der Waals surface area (Å²) in [5.41, 5.74) is 0.263. The molecular formula is C15H14F3NO. The lowest BCUT2D eigenvalue weighted by Gasteiger charge is -2.17. The van der Waals surface area contributed by atoms with Crippen LogP contribution in [-0.4, -0.2) is 7.05 Å². The SMILES string of the molecule is CNC(C)c1c(F)cccc1Oc1cccc(F)c1F. The number of halogens is 3. The molecule has 2 aromatic rings. The Morgan fingerprint density at radius 3 is 2.20 bits per heavy atom. The molecule has 20 heavy (non-hydrogen) atoms. The van der Waals surface area contributed by atoms with Crippen LogP contribution in [0.3, 0.4) is 0 Å². The quantitative estimate of drug-likeness (QED) is 0.908. The van der Waals surface area contributed by atoms with Gasteiger partial charge < -0.3 is 10.1 Å². The van der Waals surface area contributed by atoms with Gasteiger partial charge in [0.05, 0.1) is 0 Å². The summed E-state index contributed by atoms with van der Waals surface area (Å²) in [6.45, 7) is 1.74. The minimum atomic E-state index is -1.10. The maximum Gasteiger partial charge on any atom is 0.201 e. The second-order valence-corrected chi connectivity index (χ2v) is 4.32. The molecule has 0 saturated carbocycles. The standard InChI is InChI=1S/C15H14F3NO/c1-9(19-2)14-10(16)5-3-7-12(14)20-13-8-4-6-11(17)15(13)18/h3-9,19H,1-2H3. The van der Waals surface area contributed by atoms with Crippen LogP contribution in [0, 0.1) is 17.5 Å². The first-order chi connectivity index (χ1) is 9.54. The highest BCUT2D eigenvalue weighted by molar-refractivity contribution is 5.41. The normalized spacial score (nSPS) is 12.2. The van der Waals surface area contributed by atoms with Crippen molar-refractivity contribution in [2.45, 2.75) is 13.0 Å². The second kappa shape index (κ2) is 5.96. The van der Waals surface area contributed by atoms with Gasteiger partial charge in [-0.1, -0.05) is 12.1 Å². The van der Waals surface area contributed by atoms with Crippen LogP contribution < -0.4 is 10.1 Å². The molecule has 2 aromatic carbocycles. The lowest BCUT2D eigenvalue weighted by atomic mass is 10.1. The van der Waals surface area contributed by atoms with Crippen molar-refractivity contribution in [2.75, 3.05) is 7.05 Å². The number of ether oxygens (including phenoxy) is 1. The monoisotopic (exact) mass is 281 g/mol. The second-order valence-electron chi connectivity index (χ2n) is 4.32. The Labute approximate surface area is 115 Å².